The fourth-order valence-corrected chi connectivity index (χ4v) is 3.89. The van der Waals surface area contributed by atoms with Crippen molar-refractivity contribution in [3.05, 3.63) is 84.2 Å². The summed E-state index contributed by atoms with van der Waals surface area (Å²) < 4.78 is 14.7. The smallest absolute Gasteiger partial charge is 0.295 e. The topological polar surface area (TPSA) is 125 Å². The van der Waals surface area contributed by atoms with E-state index >= 15 is 0 Å². The Morgan fingerprint density at radius 1 is 1.11 bits per heavy atom. The van der Waals surface area contributed by atoms with E-state index < -0.39 is 17.5 Å². The van der Waals surface area contributed by atoms with Gasteiger partial charge in [0.05, 0.1) is 34.6 Å². The van der Waals surface area contributed by atoms with Gasteiger partial charge in [-0.1, -0.05) is 30.9 Å². The number of carbonyl (C=O) groups excluding carboxylic acids is 3. The van der Waals surface area contributed by atoms with Crippen molar-refractivity contribution in [3.63, 3.8) is 0 Å². The molecule has 3 heterocycles. The quantitative estimate of drug-likeness (QED) is 0.322. The number of nitrogens with zero attached hydrogens (tertiary/aromatic N) is 4. The number of carbonyl (C=O) groups is 3. The van der Waals surface area contributed by atoms with Gasteiger partial charge in [0.15, 0.2) is 5.82 Å². The van der Waals surface area contributed by atoms with Crippen molar-refractivity contribution in [2.75, 3.05) is 26.2 Å². The molecule has 10 heteroatoms. The number of nitrogens with one attached hydrogen (secondary N) is 1. The summed E-state index contributed by atoms with van der Waals surface area (Å²) in [6.07, 6.45) is 6.42. The molecule has 0 unspecified atom stereocenters. The third kappa shape index (κ3) is 4.72. The predicted octanol–water partition coefficient (Wildman–Crippen LogP) is 2.38. The van der Waals surface area contributed by atoms with Gasteiger partial charge in [-0.05, 0) is 12.1 Å². The maximum atomic E-state index is 14.7. The van der Waals surface area contributed by atoms with Gasteiger partial charge in [-0.25, -0.2) is 9.37 Å². The molecule has 0 atom stereocenters. The number of amides is 2. The first-order chi connectivity index (χ1) is 16.9. The fraction of sp³-hybridized carbons (Fsp3) is 0.160. The lowest BCUT2D eigenvalue weighted by Crippen LogP contribution is -2.52. The minimum atomic E-state index is -0.859. The Labute approximate surface area is 200 Å². The van der Waals surface area contributed by atoms with Gasteiger partial charge >= 0.3 is 0 Å². The molecule has 0 bridgehead atoms. The number of pyridine rings is 1. The monoisotopic (exact) mass is 474 g/mol. The van der Waals surface area contributed by atoms with Crippen LogP contribution in [0.2, 0.25) is 0 Å². The maximum Gasteiger partial charge on any atom is 0.295 e. The second-order valence-corrected chi connectivity index (χ2v) is 7.80. The molecule has 3 aromatic rings. The number of ketones is 1. The Balaban J connectivity index is 1.52. The average molecular weight is 474 g/mol. The number of H-pyrrole nitrogens is 1. The molecule has 1 fully saturated rings. The second kappa shape index (κ2) is 10.1. The molecule has 1 saturated heterocycles. The summed E-state index contributed by atoms with van der Waals surface area (Å²) in [6.45, 7) is 4.47. The number of aromatic amines is 1. The van der Waals surface area contributed by atoms with Gasteiger partial charge in [-0.15, -0.1) is 0 Å². The van der Waals surface area contributed by atoms with Gasteiger partial charge in [0.1, 0.15) is 5.69 Å². The number of aliphatic imine (C=N–C) groups is 1. The van der Waals surface area contributed by atoms with E-state index in [1.807, 2.05) is 6.07 Å². The Morgan fingerprint density at radius 2 is 1.80 bits per heavy atom. The molecule has 2 amide bonds. The molecular formula is C25H23FN6O3. The second-order valence-electron chi connectivity index (χ2n) is 7.80. The minimum absolute atomic E-state index is 0.0738. The van der Waals surface area contributed by atoms with E-state index in [2.05, 4.69) is 21.5 Å². The van der Waals surface area contributed by atoms with E-state index in [0.29, 0.717) is 5.56 Å². The lowest BCUT2D eigenvalue weighted by atomic mass is 10.1. The minimum Gasteiger partial charge on any atom is -0.396 e. The van der Waals surface area contributed by atoms with Crippen LogP contribution in [-0.2, 0) is 4.79 Å². The molecule has 4 rings (SSSR count). The standard InChI is InChI=1S/C25H23FN6O3/c1-2-8-28-15-19(27)21-22-20(18(26)14-30-21)17(13-29-22)23(33)25(35)32-11-9-31(10-12-32)24(34)16-6-4-3-5-7-16/h2-8,13-15,29H,1,9-12,27H2/b19-15-,28-8-. The molecule has 1 aromatic carbocycles. The zero-order chi connectivity index (χ0) is 24.9. The first kappa shape index (κ1) is 23.6. The molecule has 1 aliphatic heterocycles. The number of allylic oxidation sites excluding steroid dienone is 1. The van der Waals surface area contributed by atoms with E-state index in [9.17, 15) is 18.8 Å². The van der Waals surface area contributed by atoms with Gasteiger partial charge in [0.2, 0.25) is 0 Å². The number of fused-ring (bicyclic) bond motifs is 1. The van der Waals surface area contributed by atoms with E-state index in [1.54, 1.807) is 29.2 Å². The van der Waals surface area contributed by atoms with Gasteiger partial charge in [0.25, 0.3) is 17.6 Å². The van der Waals surface area contributed by atoms with Gasteiger partial charge in [-0.3, -0.25) is 19.4 Å². The van der Waals surface area contributed by atoms with Crippen molar-refractivity contribution in [2.45, 2.75) is 0 Å². The lowest BCUT2D eigenvalue weighted by Gasteiger charge is -2.34. The molecule has 0 saturated carbocycles. The third-order valence-electron chi connectivity index (χ3n) is 5.66. The summed E-state index contributed by atoms with van der Waals surface area (Å²) in [5, 5.41) is -0.0738. The Hall–Kier alpha value is -4.60. The number of hydrogen-bond acceptors (Lipinski definition) is 6. The molecule has 0 spiro atoms. The number of Topliss-reactive ketones (excluding diaryl/α,β-unsaturated/α-hetero) is 1. The molecule has 0 radical (unpaired) electrons. The number of piperazine rings is 1. The van der Waals surface area contributed by atoms with Crippen LogP contribution in [0.5, 0.6) is 0 Å². The van der Waals surface area contributed by atoms with Crippen LogP contribution in [-0.4, -0.2) is 69.8 Å². The summed E-state index contributed by atoms with van der Waals surface area (Å²) in [5.74, 6) is -2.52. The normalized spacial score (nSPS) is 14.5. The van der Waals surface area contributed by atoms with Crippen LogP contribution in [0.3, 0.4) is 0 Å². The number of aromatic nitrogens is 2. The number of nitrogens with two attached hydrogens (primary N) is 1. The molecule has 3 N–H and O–H groups in total. The van der Waals surface area contributed by atoms with Crippen LogP contribution in [0.4, 0.5) is 4.39 Å². The zero-order valence-corrected chi connectivity index (χ0v) is 18.8. The molecule has 35 heavy (non-hydrogen) atoms. The van der Waals surface area contributed by atoms with Crippen molar-refractivity contribution in [2.24, 2.45) is 10.7 Å². The molecule has 178 valence electrons. The molecule has 9 nitrogen and oxygen atoms in total. The molecule has 2 aromatic heterocycles. The number of halogens is 1. The van der Waals surface area contributed by atoms with Gasteiger partial charge < -0.3 is 20.5 Å². The number of benzene rings is 1. The first-order valence-corrected chi connectivity index (χ1v) is 10.9. The van der Waals surface area contributed by atoms with Crippen molar-refractivity contribution in [1.82, 2.24) is 19.8 Å². The molecule has 1 aliphatic rings. The van der Waals surface area contributed by atoms with Crippen molar-refractivity contribution in [1.29, 1.82) is 0 Å². The van der Waals surface area contributed by atoms with Crippen LogP contribution in [0.15, 0.2) is 66.6 Å². The van der Waals surface area contributed by atoms with Crippen LogP contribution >= 0.6 is 0 Å². The highest BCUT2D eigenvalue weighted by Crippen LogP contribution is 2.27. The van der Waals surface area contributed by atoms with Crippen LogP contribution in [0.1, 0.15) is 26.4 Å². The highest BCUT2D eigenvalue weighted by atomic mass is 19.1. The zero-order valence-electron chi connectivity index (χ0n) is 18.8. The van der Waals surface area contributed by atoms with E-state index in [1.165, 1.54) is 29.6 Å². The fourth-order valence-electron chi connectivity index (χ4n) is 3.89. The van der Waals surface area contributed by atoms with Crippen molar-refractivity contribution >= 4 is 40.4 Å². The highest BCUT2D eigenvalue weighted by molar-refractivity contribution is 6.45. The number of hydrogen-bond donors (Lipinski definition) is 2. The summed E-state index contributed by atoms with van der Waals surface area (Å²) in [5.41, 5.74) is 6.97. The van der Waals surface area contributed by atoms with Gasteiger partial charge in [-0.2, -0.15) is 0 Å². The molecular weight excluding hydrogens is 451 g/mol. The Bertz CT molecular complexity index is 1350. The van der Waals surface area contributed by atoms with E-state index in [0.717, 1.165) is 6.20 Å². The SMILES string of the molecule is C=C/C=N\C=C(/N)c1ncc(F)c2c(C(=O)C(=O)N3CCN(C(=O)c4ccccc4)CC3)c[nH]c12. The first-order valence-electron chi connectivity index (χ1n) is 10.9. The highest BCUT2D eigenvalue weighted by Gasteiger charge is 2.31. The van der Waals surface area contributed by atoms with Crippen LogP contribution < -0.4 is 5.73 Å². The average Bonchev–Trinajstić information content (AvgIpc) is 3.34. The predicted molar refractivity (Wildman–Crippen MR) is 130 cm³/mol. The Morgan fingerprint density at radius 3 is 2.49 bits per heavy atom. The third-order valence-corrected chi connectivity index (χ3v) is 5.66. The van der Waals surface area contributed by atoms with Crippen LogP contribution in [0.25, 0.3) is 16.6 Å². The Kier molecular flexibility index (Phi) is 6.81. The summed E-state index contributed by atoms with van der Waals surface area (Å²) in [7, 11) is 0. The maximum absolute atomic E-state index is 14.7. The van der Waals surface area contributed by atoms with Crippen molar-refractivity contribution in [3.8, 4) is 0 Å². The summed E-state index contributed by atoms with van der Waals surface area (Å²) >= 11 is 0. The summed E-state index contributed by atoms with van der Waals surface area (Å²) in [4.78, 5) is 52.4. The van der Waals surface area contributed by atoms with E-state index in [-0.39, 0.29) is 59.9 Å². The van der Waals surface area contributed by atoms with Crippen molar-refractivity contribution < 1.29 is 18.8 Å². The summed E-state index contributed by atoms with van der Waals surface area (Å²) in [6, 6.07) is 8.85. The number of rotatable bonds is 6. The van der Waals surface area contributed by atoms with Gasteiger partial charge in [0, 0.05) is 44.2 Å². The largest absolute Gasteiger partial charge is 0.396 e. The molecule has 0 aliphatic carbocycles. The van der Waals surface area contributed by atoms with E-state index in [4.69, 9.17) is 5.73 Å². The lowest BCUT2D eigenvalue weighted by molar-refractivity contribution is -0.127. The van der Waals surface area contributed by atoms with Crippen LogP contribution in [0, 0.1) is 5.82 Å².